The minimum atomic E-state index is -0.675. The molecule has 0 fully saturated rings. The molecule has 0 amide bonds. The van der Waals surface area contributed by atoms with Crippen molar-refractivity contribution in [2.45, 2.75) is 13.5 Å². The van der Waals surface area contributed by atoms with Crippen molar-refractivity contribution in [1.82, 2.24) is 19.7 Å². The first kappa shape index (κ1) is 11.0. The van der Waals surface area contributed by atoms with E-state index in [1.807, 2.05) is 0 Å². The lowest BCUT2D eigenvalue weighted by Gasteiger charge is -2.02. The summed E-state index contributed by atoms with van der Waals surface area (Å²) in [6.07, 6.45) is 2.18. The number of hydrogen-bond donors (Lipinski definition) is 1. The van der Waals surface area contributed by atoms with Gasteiger partial charge in [-0.2, -0.15) is 4.98 Å². The molecule has 1 N–H and O–H groups in total. The van der Waals surface area contributed by atoms with Gasteiger partial charge in [0.1, 0.15) is 0 Å². The topological polar surface area (TPSA) is 111 Å². The lowest BCUT2D eigenvalue weighted by molar-refractivity contribution is 0.101. The van der Waals surface area contributed by atoms with E-state index in [1.54, 1.807) is 0 Å². The molecule has 2 aromatic heterocycles. The number of H-pyrrole nitrogens is 1. The first-order chi connectivity index (χ1) is 8.09. The maximum atomic E-state index is 11.8. The van der Waals surface area contributed by atoms with Crippen LogP contribution in [0.15, 0.2) is 26.7 Å². The minimum absolute atomic E-state index is 0.0897. The Kier molecular flexibility index (Phi) is 2.69. The number of carbonyl (C=O) groups excluding carboxylic acids is 1. The highest BCUT2D eigenvalue weighted by Crippen LogP contribution is 1.92. The molecule has 2 rings (SSSR count). The smallest absolute Gasteiger partial charge is 0.328 e. The number of carbonyl (C=O) groups is 1. The molecule has 0 bridgehead atoms. The van der Waals surface area contributed by atoms with Gasteiger partial charge < -0.3 is 9.51 Å². The fourth-order valence-electron chi connectivity index (χ4n) is 1.31. The third kappa shape index (κ3) is 2.05. The van der Waals surface area contributed by atoms with Gasteiger partial charge in [-0.25, -0.2) is 4.79 Å². The number of aromatic nitrogens is 4. The average Bonchev–Trinajstić information content (AvgIpc) is 2.76. The Hall–Kier alpha value is -2.51. The molecule has 2 aromatic rings. The highest BCUT2D eigenvalue weighted by atomic mass is 16.5. The monoisotopic (exact) mass is 236 g/mol. The summed E-state index contributed by atoms with van der Waals surface area (Å²) in [4.78, 5) is 40.4. The minimum Gasteiger partial charge on any atom is -0.343 e. The van der Waals surface area contributed by atoms with Crippen LogP contribution in [-0.2, 0) is 6.54 Å². The van der Waals surface area contributed by atoms with Crippen LogP contribution < -0.4 is 11.2 Å². The quantitative estimate of drug-likeness (QED) is 0.696. The number of nitrogens with one attached hydrogen (secondary N) is 1. The number of hydrogen-bond acceptors (Lipinski definition) is 6. The van der Waals surface area contributed by atoms with Crippen molar-refractivity contribution >= 4 is 5.78 Å². The van der Waals surface area contributed by atoms with Gasteiger partial charge in [-0.15, -0.1) is 0 Å². The van der Waals surface area contributed by atoms with Crippen molar-refractivity contribution in [1.29, 1.82) is 0 Å². The van der Waals surface area contributed by atoms with Crippen LogP contribution in [0.5, 0.6) is 0 Å². The normalized spacial score (nSPS) is 10.4. The predicted octanol–water partition coefficient (Wildman–Crippen LogP) is -0.829. The summed E-state index contributed by atoms with van der Waals surface area (Å²) in [6, 6.07) is 0. The van der Waals surface area contributed by atoms with Crippen LogP contribution in [0.3, 0.4) is 0 Å². The van der Waals surface area contributed by atoms with Crippen LogP contribution in [0.25, 0.3) is 0 Å². The molecule has 0 aromatic carbocycles. The Bertz CT molecular complexity index is 652. The molecule has 0 radical (unpaired) electrons. The molecule has 0 atom stereocenters. The van der Waals surface area contributed by atoms with Crippen LogP contribution in [0.2, 0.25) is 0 Å². The first-order valence-electron chi connectivity index (χ1n) is 4.68. The van der Waals surface area contributed by atoms with Gasteiger partial charge in [0.15, 0.2) is 11.6 Å². The molecule has 0 aliphatic rings. The van der Waals surface area contributed by atoms with Crippen molar-refractivity contribution in [3.63, 3.8) is 0 Å². The second-order valence-corrected chi connectivity index (χ2v) is 3.30. The number of ketones is 1. The first-order valence-corrected chi connectivity index (χ1v) is 4.68. The standard InChI is InChI=1S/C9H8N4O4/c1-5(14)6-2-10-9(16)13(8(6)15)3-7-11-4-17-12-7/h2,4H,3H2,1H3,(H,10,16). The lowest BCUT2D eigenvalue weighted by Crippen LogP contribution is -2.38. The van der Waals surface area contributed by atoms with Crippen molar-refractivity contribution in [2.75, 3.05) is 0 Å². The van der Waals surface area contributed by atoms with Crippen LogP contribution in [0.4, 0.5) is 0 Å². The second-order valence-electron chi connectivity index (χ2n) is 3.30. The molecule has 17 heavy (non-hydrogen) atoms. The van der Waals surface area contributed by atoms with Crippen LogP contribution in [0, 0.1) is 0 Å². The molecule has 2 heterocycles. The average molecular weight is 236 g/mol. The van der Waals surface area contributed by atoms with Gasteiger partial charge in [0, 0.05) is 6.20 Å². The molecule has 0 saturated heterocycles. The molecule has 88 valence electrons. The highest BCUT2D eigenvalue weighted by Gasteiger charge is 2.12. The van der Waals surface area contributed by atoms with Crippen molar-refractivity contribution < 1.29 is 9.32 Å². The third-order valence-electron chi connectivity index (χ3n) is 2.15. The summed E-state index contributed by atoms with van der Waals surface area (Å²) in [5.74, 6) is -0.244. The zero-order valence-electron chi connectivity index (χ0n) is 8.84. The molecule has 0 spiro atoms. The van der Waals surface area contributed by atoms with Gasteiger partial charge in [0.25, 0.3) is 5.56 Å². The Balaban J connectivity index is 2.53. The molecule has 8 nitrogen and oxygen atoms in total. The number of rotatable bonds is 3. The van der Waals surface area contributed by atoms with Crippen molar-refractivity contribution in [3.8, 4) is 0 Å². The lowest BCUT2D eigenvalue weighted by atomic mass is 10.2. The highest BCUT2D eigenvalue weighted by molar-refractivity contribution is 5.93. The van der Waals surface area contributed by atoms with E-state index in [9.17, 15) is 14.4 Å². The summed E-state index contributed by atoms with van der Waals surface area (Å²) in [7, 11) is 0. The zero-order valence-corrected chi connectivity index (χ0v) is 8.84. The van der Waals surface area contributed by atoms with E-state index in [0.29, 0.717) is 0 Å². The Labute approximate surface area is 93.9 Å². The Morgan fingerprint density at radius 3 is 2.88 bits per heavy atom. The Morgan fingerprint density at radius 2 is 2.29 bits per heavy atom. The van der Waals surface area contributed by atoms with E-state index < -0.39 is 17.0 Å². The van der Waals surface area contributed by atoms with Crippen molar-refractivity contribution in [3.05, 3.63) is 44.8 Å². The summed E-state index contributed by atoms with van der Waals surface area (Å²) in [5, 5.41) is 3.48. The number of nitrogens with zero attached hydrogens (tertiary/aromatic N) is 3. The SMILES string of the molecule is CC(=O)c1c[nH]c(=O)n(Cc2ncon2)c1=O. The molecule has 0 saturated carbocycles. The van der Waals surface area contributed by atoms with Gasteiger partial charge in [-0.1, -0.05) is 5.16 Å². The maximum absolute atomic E-state index is 11.8. The van der Waals surface area contributed by atoms with Gasteiger partial charge in [0.05, 0.1) is 12.1 Å². The molecular weight excluding hydrogens is 228 g/mol. The van der Waals surface area contributed by atoms with Gasteiger partial charge >= 0.3 is 5.69 Å². The summed E-state index contributed by atoms with van der Waals surface area (Å²) < 4.78 is 5.32. The van der Waals surface area contributed by atoms with E-state index >= 15 is 0 Å². The van der Waals surface area contributed by atoms with Crippen LogP contribution >= 0.6 is 0 Å². The zero-order chi connectivity index (χ0) is 12.4. The van der Waals surface area contributed by atoms with Crippen LogP contribution in [-0.4, -0.2) is 25.5 Å². The van der Waals surface area contributed by atoms with E-state index in [4.69, 9.17) is 0 Å². The maximum Gasteiger partial charge on any atom is 0.328 e. The molecule has 0 aliphatic heterocycles. The van der Waals surface area contributed by atoms with Gasteiger partial charge in [0.2, 0.25) is 6.39 Å². The molecule has 0 aliphatic carbocycles. The summed E-state index contributed by atoms with van der Waals surface area (Å²) in [6.45, 7) is 1.10. The summed E-state index contributed by atoms with van der Waals surface area (Å²) in [5.41, 5.74) is -1.40. The molecular formula is C9H8N4O4. The van der Waals surface area contributed by atoms with Crippen molar-refractivity contribution in [2.24, 2.45) is 0 Å². The number of Topliss-reactive ketones (excluding diaryl/α,β-unsaturated/α-hetero) is 1. The predicted molar refractivity (Wildman–Crippen MR) is 54.7 cm³/mol. The largest absolute Gasteiger partial charge is 0.343 e. The van der Waals surface area contributed by atoms with E-state index in [1.165, 1.54) is 6.92 Å². The Morgan fingerprint density at radius 1 is 1.53 bits per heavy atom. The van der Waals surface area contributed by atoms with E-state index in [2.05, 4.69) is 19.6 Å². The third-order valence-corrected chi connectivity index (χ3v) is 2.15. The van der Waals surface area contributed by atoms with E-state index in [0.717, 1.165) is 17.2 Å². The molecule has 0 unspecified atom stereocenters. The fraction of sp³-hybridized carbons (Fsp3) is 0.222. The fourth-order valence-corrected chi connectivity index (χ4v) is 1.31. The second kappa shape index (κ2) is 4.16. The van der Waals surface area contributed by atoms with E-state index in [-0.39, 0.29) is 17.9 Å². The summed E-state index contributed by atoms with van der Waals surface area (Å²) >= 11 is 0. The van der Waals surface area contributed by atoms with Gasteiger partial charge in [-0.05, 0) is 6.92 Å². The number of aromatic amines is 1. The van der Waals surface area contributed by atoms with Gasteiger partial charge in [-0.3, -0.25) is 14.2 Å². The molecule has 8 heteroatoms. The van der Waals surface area contributed by atoms with Crippen LogP contribution in [0.1, 0.15) is 23.1 Å².